The quantitative estimate of drug-likeness (QED) is 0.847. The zero-order valence-corrected chi connectivity index (χ0v) is 12.0. The van der Waals surface area contributed by atoms with Crippen LogP contribution in [0.3, 0.4) is 0 Å². The molecule has 1 aliphatic rings. The molecule has 1 rings (SSSR count). The molecule has 0 aromatic carbocycles. The lowest BCUT2D eigenvalue weighted by atomic mass is 9.89. The maximum Gasteiger partial charge on any atom is 0.410 e. The van der Waals surface area contributed by atoms with Gasteiger partial charge < -0.3 is 14.7 Å². The molecule has 0 aliphatic carbocycles. The molecule has 1 saturated heterocycles. The van der Waals surface area contributed by atoms with Crippen LogP contribution in [-0.2, 0) is 4.74 Å². The summed E-state index contributed by atoms with van der Waals surface area (Å²) in [4.78, 5) is 13.6. The first kappa shape index (κ1) is 13.7. The summed E-state index contributed by atoms with van der Waals surface area (Å²) in [6, 6.07) is 0. The zero-order chi connectivity index (χ0) is 14.7. The van der Waals surface area contributed by atoms with Crippen molar-refractivity contribution in [3.8, 4) is 0 Å². The Hall–Kier alpha value is -0.770. The van der Waals surface area contributed by atoms with Crippen LogP contribution < -0.4 is 0 Å². The lowest BCUT2D eigenvalue weighted by Gasteiger charge is -2.35. The van der Waals surface area contributed by atoms with Crippen molar-refractivity contribution in [3.63, 3.8) is 0 Å². The standard InChI is InChI=1S/C14H27NO3/c1-5-6-12(16)11-7-9-15(10-8-11)13(17)18-14(2,3)4/h11-12,16H,5-10H2,1-4H3/i12D. The van der Waals surface area contributed by atoms with Crippen molar-refractivity contribution in [1.29, 1.82) is 0 Å². The van der Waals surface area contributed by atoms with Crippen molar-refractivity contribution in [2.75, 3.05) is 13.1 Å². The number of hydrogen-bond donors (Lipinski definition) is 1. The SMILES string of the molecule is [2H]C(O)(CCC)C1CCN(C(=O)OC(C)(C)C)CC1. The number of aliphatic hydroxyl groups is 1. The lowest BCUT2D eigenvalue weighted by Crippen LogP contribution is -2.43. The highest BCUT2D eigenvalue weighted by molar-refractivity contribution is 5.68. The van der Waals surface area contributed by atoms with Gasteiger partial charge >= 0.3 is 6.09 Å². The molecule has 4 heteroatoms. The van der Waals surface area contributed by atoms with Gasteiger partial charge in [0.25, 0.3) is 0 Å². The molecule has 1 N–H and O–H groups in total. The molecular formula is C14H27NO3. The Bertz CT molecular complexity index is 304. The van der Waals surface area contributed by atoms with Crippen molar-refractivity contribution >= 4 is 6.09 Å². The van der Waals surface area contributed by atoms with E-state index >= 15 is 0 Å². The Morgan fingerprint density at radius 2 is 2.06 bits per heavy atom. The van der Waals surface area contributed by atoms with E-state index in [4.69, 9.17) is 6.11 Å². The Morgan fingerprint density at radius 1 is 1.50 bits per heavy atom. The van der Waals surface area contributed by atoms with Gasteiger partial charge in [0.05, 0.1) is 7.45 Å². The van der Waals surface area contributed by atoms with Crippen molar-refractivity contribution in [1.82, 2.24) is 4.90 Å². The van der Waals surface area contributed by atoms with Crippen molar-refractivity contribution < 1.29 is 16.0 Å². The summed E-state index contributed by atoms with van der Waals surface area (Å²) < 4.78 is 13.3. The van der Waals surface area contributed by atoms with Gasteiger partial charge in [-0.3, -0.25) is 0 Å². The van der Waals surface area contributed by atoms with Crippen molar-refractivity contribution in [3.05, 3.63) is 0 Å². The average molecular weight is 258 g/mol. The predicted octanol–water partition coefficient (Wildman–Crippen LogP) is 2.79. The molecule has 0 aromatic rings. The maximum atomic E-state index is 11.9. The van der Waals surface area contributed by atoms with Gasteiger partial charge in [0.1, 0.15) is 5.60 Å². The van der Waals surface area contributed by atoms with Gasteiger partial charge in [-0.15, -0.1) is 0 Å². The Labute approximate surface area is 112 Å². The Balaban J connectivity index is 2.47. The van der Waals surface area contributed by atoms with E-state index in [2.05, 4.69) is 0 Å². The molecule has 1 amide bonds. The van der Waals surface area contributed by atoms with E-state index in [0.717, 1.165) is 6.42 Å². The van der Waals surface area contributed by atoms with Crippen LogP contribution in [0.5, 0.6) is 0 Å². The predicted molar refractivity (Wildman–Crippen MR) is 71.4 cm³/mol. The van der Waals surface area contributed by atoms with Crippen molar-refractivity contribution in [2.45, 2.75) is 65.1 Å². The summed E-state index contributed by atoms with van der Waals surface area (Å²) in [5.41, 5.74) is -0.480. The van der Waals surface area contributed by atoms with Gasteiger partial charge in [-0.1, -0.05) is 13.3 Å². The summed E-state index contributed by atoms with van der Waals surface area (Å²) in [6.07, 6.45) is 0.971. The fourth-order valence-corrected chi connectivity index (χ4v) is 2.18. The van der Waals surface area contributed by atoms with Gasteiger partial charge in [-0.2, -0.15) is 0 Å². The molecule has 106 valence electrons. The fraction of sp³-hybridized carbons (Fsp3) is 0.929. The fourth-order valence-electron chi connectivity index (χ4n) is 2.18. The van der Waals surface area contributed by atoms with E-state index in [0.29, 0.717) is 32.4 Å². The first-order valence-electron chi connectivity index (χ1n) is 7.36. The third kappa shape index (κ3) is 4.84. The van der Waals surface area contributed by atoms with Crippen LogP contribution in [0.25, 0.3) is 0 Å². The second kappa shape index (κ2) is 6.41. The van der Waals surface area contributed by atoms with Crippen LogP contribution in [0.4, 0.5) is 4.79 Å². The van der Waals surface area contributed by atoms with E-state index in [1.54, 1.807) is 4.90 Å². The molecule has 18 heavy (non-hydrogen) atoms. The number of ether oxygens (including phenoxy) is 1. The molecule has 1 atom stereocenters. The first-order valence-corrected chi connectivity index (χ1v) is 6.86. The minimum Gasteiger partial charge on any atom is -0.444 e. The monoisotopic (exact) mass is 258 g/mol. The smallest absolute Gasteiger partial charge is 0.410 e. The van der Waals surface area contributed by atoms with Crippen LogP contribution in [0.2, 0.25) is 0 Å². The van der Waals surface area contributed by atoms with Crippen LogP contribution >= 0.6 is 0 Å². The third-order valence-corrected chi connectivity index (χ3v) is 3.12. The maximum absolute atomic E-state index is 11.9. The van der Waals surface area contributed by atoms with Gasteiger partial charge in [0, 0.05) is 13.1 Å². The molecule has 1 fully saturated rings. The normalized spacial score (nSPS) is 22.3. The van der Waals surface area contributed by atoms with E-state index in [1.165, 1.54) is 0 Å². The molecule has 1 unspecified atom stereocenters. The largest absolute Gasteiger partial charge is 0.444 e. The molecule has 1 heterocycles. The number of hydrogen-bond acceptors (Lipinski definition) is 3. The third-order valence-electron chi connectivity index (χ3n) is 3.12. The second-order valence-electron chi connectivity index (χ2n) is 5.98. The number of likely N-dealkylation sites (tertiary alicyclic amines) is 1. The molecule has 0 spiro atoms. The summed E-state index contributed by atoms with van der Waals surface area (Å²) in [7, 11) is 0. The summed E-state index contributed by atoms with van der Waals surface area (Å²) in [5.74, 6) is -0.0499. The van der Waals surface area contributed by atoms with Gasteiger partial charge in [0.15, 0.2) is 0 Å². The molecule has 0 bridgehead atoms. The van der Waals surface area contributed by atoms with Gasteiger partial charge in [-0.05, 0) is 46.0 Å². The minimum atomic E-state index is -1.35. The highest BCUT2D eigenvalue weighted by Crippen LogP contribution is 2.24. The Kier molecular flexibility index (Phi) is 4.87. The summed E-state index contributed by atoms with van der Waals surface area (Å²) in [5, 5.41) is 10.1. The molecule has 0 radical (unpaired) electrons. The Morgan fingerprint density at radius 3 is 2.50 bits per heavy atom. The summed E-state index contributed by atoms with van der Waals surface area (Å²) in [6.45, 7) is 8.63. The molecule has 0 aromatic heterocycles. The molecule has 4 nitrogen and oxygen atoms in total. The summed E-state index contributed by atoms with van der Waals surface area (Å²) >= 11 is 0. The average Bonchev–Trinajstić information content (AvgIpc) is 2.27. The second-order valence-corrected chi connectivity index (χ2v) is 5.98. The number of carbonyl (C=O) groups is 1. The van der Waals surface area contributed by atoms with Crippen LogP contribution in [0.15, 0.2) is 0 Å². The van der Waals surface area contributed by atoms with E-state index in [9.17, 15) is 9.90 Å². The van der Waals surface area contributed by atoms with E-state index in [1.807, 2.05) is 27.7 Å². The lowest BCUT2D eigenvalue weighted by molar-refractivity contribution is 0.00680. The topological polar surface area (TPSA) is 49.8 Å². The molecular weight excluding hydrogens is 230 g/mol. The number of amides is 1. The molecule has 0 saturated carbocycles. The van der Waals surface area contributed by atoms with Gasteiger partial charge in [-0.25, -0.2) is 4.79 Å². The number of rotatable bonds is 3. The van der Waals surface area contributed by atoms with Crippen molar-refractivity contribution in [2.24, 2.45) is 5.92 Å². The van der Waals surface area contributed by atoms with E-state index in [-0.39, 0.29) is 12.0 Å². The first-order chi connectivity index (χ1) is 8.65. The zero-order valence-electron chi connectivity index (χ0n) is 13.0. The van der Waals surface area contributed by atoms with Crippen LogP contribution in [0.1, 0.15) is 54.7 Å². The number of piperidine rings is 1. The minimum absolute atomic E-state index is 0.0499. The molecule has 1 aliphatic heterocycles. The van der Waals surface area contributed by atoms with Crippen LogP contribution in [0, 0.1) is 5.92 Å². The number of carbonyl (C=O) groups excluding carboxylic acids is 1. The number of nitrogens with zero attached hydrogens (tertiary/aromatic N) is 1. The highest BCUT2D eigenvalue weighted by Gasteiger charge is 2.29. The van der Waals surface area contributed by atoms with E-state index < -0.39 is 11.7 Å². The highest BCUT2D eigenvalue weighted by atomic mass is 16.6. The van der Waals surface area contributed by atoms with Crippen LogP contribution in [-0.4, -0.2) is 40.9 Å². The van der Waals surface area contributed by atoms with Gasteiger partial charge in [0.2, 0.25) is 0 Å².